The first kappa shape index (κ1) is 24.2. The molecule has 1 amide bonds. The SMILES string of the molecule is CCNC(=NCCC(=O)Nc1ccc(Br)cc1C)NC1CCS(=O)(=O)C1.I. The molecule has 27 heavy (non-hydrogen) atoms. The van der Waals surface area contributed by atoms with Gasteiger partial charge in [0.25, 0.3) is 0 Å². The van der Waals surface area contributed by atoms with Crippen LogP contribution in [0.3, 0.4) is 0 Å². The van der Waals surface area contributed by atoms with Gasteiger partial charge in [-0.2, -0.15) is 0 Å². The summed E-state index contributed by atoms with van der Waals surface area (Å²) in [6, 6.07) is 5.55. The molecule has 1 aromatic rings. The Labute approximate surface area is 186 Å². The maximum Gasteiger partial charge on any atom is 0.226 e. The monoisotopic (exact) mass is 572 g/mol. The van der Waals surface area contributed by atoms with E-state index in [-0.39, 0.29) is 53.9 Å². The number of rotatable bonds is 6. The Morgan fingerprint density at radius 3 is 2.70 bits per heavy atom. The molecule has 0 bridgehead atoms. The fraction of sp³-hybridized carbons (Fsp3) is 0.529. The van der Waals surface area contributed by atoms with Gasteiger partial charge in [-0.05, 0) is 44.0 Å². The number of hydrogen-bond donors (Lipinski definition) is 3. The van der Waals surface area contributed by atoms with E-state index in [2.05, 4.69) is 36.9 Å². The Bertz CT molecular complexity index is 786. The van der Waals surface area contributed by atoms with E-state index in [0.29, 0.717) is 25.5 Å². The number of sulfone groups is 1. The maximum atomic E-state index is 12.1. The first-order valence-electron chi connectivity index (χ1n) is 8.60. The van der Waals surface area contributed by atoms with Gasteiger partial charge in [-0.15, -0.1) is 24.0 Å². The van der Waals surface area contributed by atoms with Gasteiger partial charge in [-0.3, -0.25) is 9.79 Å². The van der Waals surface area contributed by atoms with Gasteiger partial charge in [0.2, 0.25) is 5.91 Å². The molecule has 1 aliphatic heterocycles. The number of guanidine groups is 1. The lowest BCUT2D eigenvalue weighted by atomic mass is 10.2. The molecule has 3 N–H and O–H groups in total. The number of carbonyl (C=O) groups is 1. The standard InChI is InChI=1S/C17H25BrN4O3S.HI/c1-3-19-17(21-14-7-9-26(24,25)11-14)20-8-6-16(23)22-15-5-4-13(18)10-12(15)2;/h4-5,10,14H,3,6-9,11H2,1-2H3,(H,22,23)(H2,19,20,21);1H. The molecule has 2 rings (SSSR count). The van der Waals surface area contributed by atoms with Gasteiger partial charge in [0.05, 0.1) is 18.1 Å². The molecule has 0 radical (unpaired) electrons. The summed E-state index contributed by atoms with van der Waals surface area (Å²) in [5, 5.41) is 9.09. The minimum absolute atomic E-state index is 0. The zero-order valence-electron chi connectivity index (χ0n) is 15.4. The number of carbonyl (C=O) groups excluding carboxylic acids is 1. The number of halogens is 2. The van der Waals surface area contributed by atoms with Crippen molar-refractivity contribution >= 4 is 67.3 Å². The number of aliphatic imine (C=N–C) groups is 1. The van der Waals surface area contributed by atoms with Crippen molar-refractivity contribution in [3.05, 3.63) is 28.2 Å². The van der Waals surface area contributed by atoms with E-state index in [1.807, 2.05) is 32.0 Å². The Kier molecular flexibility index (Phi) is 10.0. The van der Waals surface area contributed by atoms with Crippen LogP contribution in [0.1, 0.15) is 25.3 Å². The topological polar surface area (TPSA) is 99.7 Å². The van der Waals surface area contributed by atoms with Crippen LogP contribution in [-0.2, 0) is 14.6 Å². The summed E-state index contributed by atoms with van der Waals surface area (Å²) in [5.74, 6) is 0.764. The summed E-state index contributed by atoms with van der Waals surface area (Å²) in [5.41, 5.74) is 1.76. The van der Waals surface area contributed by atoms with E-state index in [9.17, 15) is 13.2 Å². The van der Waals surface area contributed by atoms with Gasteiger partial charge in [0.1, 0.15) is 0 Å². The third kappa shape index (κ3) is 8.34. The Balaban J connectivity index is 0.00000364. The van der Waals surface area contributed by atoms with Gasteiger partial charge in [-0.1, -0.05) is 15.9 Å². The fourth-order valence-electron chi connectivity index (χ4n) is 2.67. The summed E-state index contributed by atoms with van der Waals surface area (Å²) >= 11 is 3.40. The second kappa shape index (κ2) is 11.2. The van der Waals surface area contributed by atoms with Gasteiger partial charge < -0.3 is 16.0 Å². The highest BCUT2D eigenvalue weighted by Crippen LogP contribution is 2.20. The van der Waals surface area contributed by atoms with Crippen molar-refractivity contribution in [2.75, 3.05) is 29.9 Å². The molecular weight excluding hydrogens is 547 g/mol. The van der Waals surface area contributed by atoms with Crippen molar-refractivity contribution in [2.24, 2.45) is 4.99 Å². The molecule has 0 aliphatic carbocycles. The lowest BCUT2D eigenvalue weighted by Gasteiger charge is -2.15. The van der Waals surface area contributed by atoms with E-state index in [1.54, 1.807) is 0 Å². The van der Waals surface area contributed by atoms with E-state index in [0.717, 1.165) is 15.7 Å². The zero-order chi connectivity index (χ0) is 19.2. The first-order chi connectivity index (χ1) is 12.3. The van der Waals surface area contributed by atoms with Crippen LogP contribution in [0.5, 0.6) is 0 Å². The molecule has 1 unspecified atom stereocenters. The van der Waals surface area contributed by atoms with Gasteiger partial charge in [0.15, 0.2) is 15.8 Å². The smallest absolute Gasteiger partial charge is 0.226 e. The van der Waals surface area contributed by atoms with Crippen LogP contribution in [-0.4, -0.2) is 50.9 Å². The predicted octanol–water partition coefficient (Wildman–Crippen LogP) is 2.45. The van der Waals surface area contributed by atoms with E-state index < -0.39 is 9.84 Å². The van der Waals surface area contributed by atoms with E-state index in [1.165, 1.54) is 0 Å². The summed E-state index contributed by atoms with van der Waals surface area (Å²) in [7, 11) is -2.94. The summed E-state index contributed by atoms with van der Waals surface area (Å²) in [6.45, 7) is 4.85. The number of hydrogen-bond acceptors (Lipinski definition) is 4. The number of benzene rings is 1. The van der Waals surface area contributed by atoms with Crippen LogP contribution in [0.15, 0.2) is 27.7 Å². The third-order valence-electron chi connectivity index (χ3n) is 3.99. The van der Waals surface area contributed by atoms with Crippen molar-refractivity contribution < 1.29 is 13.2 Å². The van der Waals surface area contributed by atoms with Crippen molar-refractivity contribution in [3.63, 3.8) is 0 Å². The third-order valence-corrected chi connectivity index (χ3v) is 6.25. The van der Waals surface area contributed by atoms with Gasteiger partial charge in [-0.25, -0.2) is 8.42 Å². The number of amides is 1. The van der Waals surface area contributed by atoms with Crippen LogP contribution >= 0.6 is 39.9 Å². The predicted molar refractivity (Wildman–Crippen MR) is 124 cm³/mol. The fourth-order valence-corrected chi connectivity index (χ4v) is 4.82. The Hall–Kier alpha value is -0.880. The molecular formula is C17H26BrIN4O3S. The molecule has 1 aliphatic rings. The second-order valence-corrected chi connectivity index (χ2v) is 9.41. The van der Waals surface area contributed by atoms with Crippen LogP contribution in [0.2, 0.25) is 0 Å². The van der Waals surface area contributed by atoms with Crippen molar-refractivity contribution in [1.29, 1.82) is 0 Å². The lowest BCUT2D eigenvalue weighted by molar-refractivity contribution is -0.116. The Morgan fingerprint density at radius 2 is 2.11 bits per heavy atom. The Morgan fingerprint density at radius 1 is 1.37 bits per heavy atom. The molecule has 1 fully saturated rings. The number of nitrogens with zero attached hydrogens (tertiary/aromatic N) is 1. The lowest BCUT2D eigenvalue weighted by Crippen LogP contribution is -2.44. The largest absolute Gasteiger partial charge is 0.357 e. The minimum atomic E-state index is -2.94. The number of anilines is 1. The van der Waals surface area contributed by atoms with Crippen molar-refractivity contribution in [3.8, 4) is 0 Å². The molecule has 7 nitrogen and oxygen atoms in total. The molecule has 0 spiro atoms. The van der Waals surface area contributed by atoms with Crippen LogP contribution in [0.25, 0.3) is 0 Å². The maximum absolute atomic E-state index is 12.1. The molecule has 1 heterocycles. The van der Waals surface area contributed by atoms with Crippen molar-refractivity contribution in [1.82, 2.24) is 10.6 Å². The zero-order valence-corrected chi connectivity index (χ0v) is 20.2. The normalized spacial score (nSPS) is 18.5. The number of aryl methyl sites for hydroxylation is 1. The first-order valence-corrected chi connectivity index (χ1v) is 11.2. The minimum Gasteiger partial charge on any atom is -0.357 e. The van der Waals surface area contributed by atoms with E-state index >= 15 is 0 Å². The van der Waals surface area contributed by atoms with Crippen LogP contribution in [0.4, 0.5) is 5.69 Å². The summed E-state index contributed by atoms with van der Waals surface area (Å²) in [6.07, 6.45) is 0.825. The molecule has 1 saturated heterocycles. The average molecular weight is 573 g/mol. The van der Waals surface area contributed by atoms with E-state index in [4.69, 9.17) is 0 Å². The molecule has 0 saturated carbocycles. The second-order valence-electron chi connectivity index (χ2n) is 6.26. The molecule has 152 valence electrons. The highest BCUT2D eigenvalue weighted by molar-refractivity contribution is 14.0. The van der Waals surface area contributed by atoms with Crippen LogP contribution in [0, 0.1) is 6.92 Å². The van der Waals surface area contributed by atoms with Crippen molar-refractivity contribution in [2.45, 2.75) is 32.7 Å². The van der Waals surface area contributed by atoms with Gasteiger partial charge in [0, 0.05) is 29.2 Å². The summed E-state index contributed by atoms with van der Waals surface area (Å²) < 4.78 is 24.1. The highest BCUT2D eigenvalue weighted by atomic mass is 127. The molecule has 0 aromatic heterocycles. The molecule has 10 heteroatoms. The quantitative estimate of drug-likeness (QED) is 0.276. The average Bonchev–Trinajstić information content (AvgIpc) is 2.89. The number of nitrogens with one attached hydrogen (secondary N) is 3. The molecule has 1 aromatic carbocycles. The summed E-state index contributed by atoms with van der Waals surface area (Å²) in [4.78, 5) is 16.5. The molecule has 1 atom stereocenters. The van der Waals surface area contributed by atoms with Crippen LogP contribution < -0.4 is 16.0 Å². The van der Waals surface area contributed by atoms with Gasteiger partial charge >= 0.3 is 0 Å². The highest BCUT2D eigenvalue weighted by Gasteiger charge is 2.28.